The Morgan fingerprint density at radius 1 is 1.00 bits per heavy atom. The molecule has 1 saturated heterocycles. The number of amides is 1. The zero-order chi connectivity index (χ0) is 21.0. The van der Waals surface area contributed by atoms with E-state index in [9.17, 15) is 13.6 Å². The number of likely N-dealkylation sites (tertiary alicyclic amines) is 1. The summed E-state index contributed by atoms with van der Waals surface area (Å²) in [6.45, 7) is 5.42. The molecule has 1 amide bonds. The van der Waals surface area contributed by atoms with E-state index in [0.717, 1.165) is 31.4 Å². The zero-order valence-electron chi connectivity index (χ0n) is 17.2. The van der Waals surface area contributed by atoms with Crippen molar-refractivity contribution < 1.29 is 13.6 Å². The van der Waals surface area contributed by atoms with E-state index in [4.69, 9.17) is 5.73 Å². The van der Waals surface area contributed by atoms with Crippen molar-refractivity contribution in [2.24, 2.45) is 11.7 Å². The van der Waals surface area contributed by atoms with Crippen LogP contribution >= 0.6 is 0 Å². The Balaban J connectivity index is 0.00000117. The Labute approximate surface area is 171 Å². The normalized spacial score (nSPS) is 23.6. The zero-order valence-corrected chi connectivity index (χ0v) is 17.2. The van der Waals surface area contributed by atoms with Crippen LogP contribution in [0.1, 0.15) is 51.0 Å². The lowest BCUT2D eigenvalue weighted by Crippen LogP contribution is -2.34. The smallest absolute Gasteiger partial charge is 0.226 e. The molecular weight excluding hydrogens is 370 g/mol. The van der Waals surface area contributed by atoms with Crippen LogP contribution in [0.25, 0.3) is 11.1 Å². The lowest BCUT2D eigenvalue weighted by molar-refractivity contribution is -0.132. The molecule has 0 aromatic heterocycles. The summed E-state index contributed by atoms with van der Waals surface area (Å²) in [5, 5.41) is 0. The van der Waals surface area contributed by atoms with Gasteiger partial charge in [0.1, 0.15) is 11.6 Å². The molecule has 4 rings (SSSR count). The number of rotatable bonds is 3. The van der Waals surface area contributed by atoms with E-state index in [1.807, 2.05) is 24.8 Å². The number of benzene rings is 2. The molecule has 1 aliphatic carbocycles. The van der Waals surface area contributed by atoms with Gasteiger partial charge in [0.2, 0.25) is 5.91 Å². The quantitative estimate of drug-likeness (QED) is 0.779. The molecule has 2 fully saturated rings. The first kappa shape index (κ1) is 21.4. The molecule has 1 saturated carbocycles. The van der Waals surface area contributed by atoms with Crippen LogP contribution in [-0.2, 0) is 4.79 Å². The van der Waals surface area contributed by atoms with Gasteiger partial charge in [-0.1, -0.05) is 44.2 Å². The summed E-state index contributed by atoms with van der Waals surface area (Å²) >= 11 is 0. The first-order valence-electron chi connectivity index (χ1n) is 10.6. The maximum absolute atomic E-state index is 14.6. The largest absolute Gasteiger partial charge is 0.342 e. The van der Waals surface area contributed by atoms with Gasteiger partial charge in [-0.2, -0.15) is 0 Å². The van der Waals surface area contributed by atoms with Crippen molar-refractivity contribution in [1.82, 2.24) is 4.90 Å². The van der Waals surface area contributed by atoms with Crippen LogP contribution in [0.2, 0.25) is 0 Å². The molecule has 0 spiro atoms. The Morgan fingerprint density at radius 3 is 2.48 bits per heavy atom. The van der Waals surface area contributed by atoms with Gasteiger partial charge < -0.3 is 10.6 Å². The SMILES string of the molecule is CC.NC1CCCN(C(=O)C2CC2c2cccc(F)c2-c2ccccc2F)CC1. The number of carbonyl (C=O) groups is 1. The molecule has 2 aromatic carbocycles. The number of hydrogen-bond donors (Lipinski definition) is 1. The predicted octanol–water partition coefficient (Wildman–Crippen LogP) is 5.10. The summed E-state index contributed by atoms with van der Waals surface area (Å²) < 4.78 is 28.9. The Bertz CT molecular complexity index is 855. The third-order valence-electron chi connectivity index (χ3n) is 5.78. The highest BCUT2D eigenvalue weighted by Crippen LogP contribution is 2.52. The van der Waals surface area contributed by atoms with Gasteiger partial charge in [0.05, 0.1) is 0 Å². The fourth-order valence-electron chi connectivity index (χ4n) is 4.19. The van der Waals surface area contributed by atoms with Gasteiger partial charge in [-0.15, -0.1) is 0 Å². The maximum Gasteiger partial charge on any atom is 0.226 e. The molecule has 2 N–H and O–H groups in total. The van der Waals surface area contributed by atoms with Crippen molar-refractivity contribution in [3.63, 3.8) is 0 Å². The van der Waals surface area contributed by atoms with Gasteiger partial charge >= 0.3 is 0 Å². The summed E-state index contributed by atoms with van der Waals surface area (Å²) in [5.41, 5.74) is 7.27. The summed E-state index contributed by atoms with van der Waals surface area (Å²) in [5.74, 6) is -0.977. The molecule has 0 bridgehead atoms. The van der Waals surface area contributed by atoms with Gasteiger partial charge in [-0.25, -0.2) is 8.78 Å². The van der Waals surface area contributed by atoms with E-state index in [1.54, 1.807) is 24.3 Å². The van der Waals surface area contributed by atoms with Crippen LogP contribution in [0.3, 0.4) is 0 Å². The summed E-state index contributed by atoms with van der Waals surface area (Å²) in [6.07, 6.45) is 3.37. The topological polar surface area (TPSA) is 46.3 Å². The van der Waals surface area contributed by atoms with Gasteiger partial charge in [-0.3, -0.25) is 4.79 Å². The Kier molecular flexibility index (Phi) is 7.01. The van der Waals surface area contributed by atoms with E-state index in [1.165, 1.54) is 12.1 Å². The second-order valence-corrected chi connectivity index (χ2v) is 7.65. The van der Waals surface area contributed by atoms with Crippen molar-refractivity contribution in [1.29, 1.82) is 0 Å². The van der Waals surface area contributed by atoms with Crippen LogP contribution < -0.4 is 5.73 Å². The van der Waals surface area contributed by atoms with Crippen molar-refractivity contribution in [2.75, 3.05) is 13.1 Å². The number of halogens is 2. The highest BCUT2D eigenvalue weighted by Gasteiger charge is 2.47. The second-order valence-electron chi connectivity index (χ2n) is 7.65. The van der Waals surface area contributed by atoms with E-state index in [2.05, 4.69) is 0 Å². The number of nitrogens with zero attached hydrogens (tertiary/aromatic N) is 1. The fourth-order valence-corrected chi connectivity index (χ4v) is 4.19. The molecular formula is C24H30F2N2O. The highest BCUT2D eigenvalue weighted by molar-refractivity contribution is 5.84. The molecule has 3 unspecified atom stereocenters. The van der Waals surface area contributed by atoms with Crippen LogP contribution in [0.15, 0.2) is 42.5 Å². The van der Waals surface area contributed by atoms with Crippen molar-refractivity contribution in [3.05, 3.63) is 59.7 Å². The predicted molar refractivity (Wildman–Crippen MR) is 112 cm³/mol. The van der Waals surface area contributed by atoms with Gasteiger partial charge in [-0.05, 0) is 49.3 Å². The monoisotopic (exact) mass is 400 g/mol. The number of carbonyl (C=O) groups excluding carboxylic acids is 1. The number of hydrogen-bond acceptors (Lipinski definition) is 2. The molecule has 0 radical (unpaired) electrons. The standard InChI is InChI=1S/C22H24F2N2O.C2H6/c23-19-8-2-1-6-16(19)21-15(7-3-9-20(21)24)17-13-18(17)22(27)26-11-4-5-14(25)10-12-26;1-2/h1-3,6-9,14,17-18H,4-5,10-13,25H2;1-2H3. The van der Waals surface area contributed by atoms with Crippen LogP contribution in [0, 0.1) is 17.6 Å². The fraction of sp³-hybridized carbons (Fsp3) is 0.458. The minimum absolute atomic E-state index is 0.0558. The van der Waals surface area contributed by atoms with Crippen LogP contribution in [-0.4, -0.2) is 29.9 Å². The van der Waals surface area contributed by atoms with E-state index < -0.39 is 11.6 Å². The van der Waals surface area contributed by atoms with Crippen molar-refractivity contribution in [3.8, 4) is 11.1 Å². The number of nitrogens with two attached hydrogens (primary N) is 1. The molecule has 2 aromatic rings. The van der Waals surface area contributed by atoms with E-state index in [-0.39, 0.29) is 34.9 Å². The molecule has 5 heteroatoms. The van der Waals surface area contributed by atoms with Gasteiger partial charge in [0.15, 0.2) is 0 Å². The third kappa shape index (κ3) is 4.67. The second kappa shape index (κ2) is 9.49. The molecule has 1 aliphatic heterocycles. The molecule has 29 heavy (non-hydrogen) atoms. The maximum atomic E-state index is 14.6. The summed E-state index contributed by atoms with van der Waals surface area (Å²) in [7, 11) is 0. The Hall–Kier alpha value is -2.27. The minimum atomic E-state index is -0.450. The van der Waals surface area contributed by atoms with Crippen LogP contribution in [0.5, 0.6) is 0 Å². The van der Waals surface area contributed by atoms with Gasteiger partial charge in [0.25, 0.3) is 0 Å². The summed E-state index contributed by atoms with van der Waals surface area (Å²) in [6, 6.07) is 11.2. The minimum Gasteiger partial charge on any atom is -0.342 e. The molecule has 3 nitrogen and oxygen atoms in total. The van der Waals surface area contributed by atoms with Crippen molar-refractivity contribution >= 4 is 5.91 Å². The van der Waals surface area contributed by atoms with E-state index >= 15 is 0 Å². The van der Waals surface area contributed by atoms with E-state index in [0.29, 0.717) is 13.0 Å². The van der Waals surface area contributed by atoms with Gasteiger partial charge in [0, 0.05) is 36.2 Å². The first-order valence-corrected chi connectivity index (χ1v) is 10.6. The highest BCUT2D eigenvalue weighted by atomic mass is 19.1. The van der Waals surface area contributed by atoms with Crippen LogP contribution in [0.4, 0.5) is 8.78 Å². The average molecular weight is 401 g/mol. The first-order chi connectivity index (χ1) is 14.1. The van der Waals surface area contributed by atoms with Crippen molar-refractivity contribution in [2.45, 2.75) is 51.5 Å². The Morgan fingerprint density at radius 2 is 1.72 bits per heavy atom. The molecule has 1 heterocycles. The lowest BCUT2D eigenvalue weighted by atomic mass is 9.95. The average Bonchev–Trinajstić information content (AvgIpc) is 3.54. The molecule has 3 atom stereocenters. The summed E-state index contributed by atoms with van der Waals surface area (Å²) in [4.78, 5) is 14.8. The molecule has 2 aliphatic rings. The lowest BCUT2D eigenvalue weighted by Gasteiger charge is -2.21. The molecule has 156 valence electrons. The third-order valence-corrected chi connectivity index (χ3v) is 5.78.